The molecule has 1 aliphatic rings. The average molecular weight is 193 g/mol. The minimum absolute atomic E-state index is 0.101. The van der Waals surface area contributed by atoms with Crippen LogP contribution in [0.1, 0.15) is 11.1 Å². The van der Waals surface area contributed by atoms with Gasteiger partial charge in [-0.25, -0.2) is 0 Å². The molecule has 68 valence electrons. The first-order valence-corrected chi connectivity index (χ1v) is 5.19. The number of benzene rings is 1. The van der Waals surface area contributed by atoms with E-state index in [1.165, 1.54) is 10.5 Å². The van der Waals surface area contributed by atoms with Crippen LogP contribution >= 0.6 is 11.8 Å². The fourth-order valence-electron chi connectivity index (χ4n) is 1.52. The first-order chi connectivity index (χ1) is 6.16. The van der Waals surface area contributed by atoms with Gasteiger partial charge in [0.25, 0.3) is 0 Å². The third-order valence-corrected chi connectivity index (χ3v) is 3.11. The highest BCUT2D eigenvalue weighted by Gasteiger charge is 2.16. The number of carbonyl (C=O) groups excluding carboxylic acids is 1. The smallest absolute Gasteiger partial charge is 0.234 e. The monoisotopic (exact) mass is 193 g/mol. The summed E-state index contributed by atoms with van der Waals surface area (Å²) in [7, 11) is 0. The zero-order valence-electron chi connectivity index (χ0n) is 7.68. The van der Waals surface area contributed by atoms with E-state index in [2.05, 4.69) is 24.4 Å². The van der Waals surface area contributed by atoms with E-state index in [0.717, 1.165) is 11.3 Å². The highest BCUT2D eigenvalue weighted by molar-refractivity contribution is 8.00. The summed E-state index contributed by atoms with van der Waals surface area (Å²) in [6.07, 6.45) is 0. The third-order valence-electron chi connectivity index (χ3n) is 2.07. The summed E-state index contributed by atoms with van der Waals surface area (Å²) in [5.41, 5.74) is 3.39. The van der Waals surface area contributed by atoms with Crippen LogP contribution in [-0.2, 0) is 4.79 Å². The fraction of sp³-hybridized carbons (Fsp3) is 0.300. The molecule has 0 radical (unpaired) electrons. The highest BCUT2D eigenvalue weighted by atomic mass is 32.2. The first kappa shape index (κ1) is 8.63. The second kappa shape index (κ2) is 3.07. The van der Waals surface area contributed by atoms with Crippen LogP contribution < -0.4 is 5.32 Å². The van der Waals surface area contributed by atoms with Crippen molar-refractivity contribution in [3.8, 4) is 0 Å². The van der Waals surface area contributed by atoms with Crippen molar-refractivity contribution in [2.75, 3.05) is 11.1 Å². The lowest BCUT2D eigenvalue weighted by Gasteiger charge is -2.18. The number of fused-ring (bicyclic) bond motifs is 1. The largest absolute Gasteiger partial charge is 0.324 e. The Bertz CT molecular complexity index is 373. The SMILES string of the molecule is Cc1cc(C)c2c(c1)SCC(=O)N2. The summed E-state index contributed by atoms with van der Waals surface area (Å²) in [6, 6.07) is 4.21. The van der Waals surface area contributed by atoms with Gasteiger partial charge in [-0.15, -0.1) is 11.8 Å². The zero-order valence-corrected chi connectivity index (χ0v) is 8.49. The van der Waals surface area contributed by atoms with Gasteiger partial charge in [0.2, 0.25) is 5.91 Å². The molecule has 0 fully saturated rings. The van der Waals surface area contributed by atoms with Gasteiger partial charge in [-0.3, -0.25) is 4.79 Å². The van der Waals surface area contributed by atoms with Crippen LogP contribution in [0.3, 0.4) is 0 Å². The van der Waals surface area contributed by atoms with Gasteiger partial charge in [0.15, 0.2) is 0 Å². The fourth-order valence-corrected chi connectivity index (χ4v) is 2.51. The molecule has 1 aromatic rings. The van der Waals surface area contributed by atoms with E-state index >= 15 is 0 Å². The van der Waals surface area contributed by atoms with Crippen LogP contribution in [-0.4, -0.2) is 11.7 Å². The summed E-state index contributed by atoms with van der Waals surface area (Å²) < 4.78 is 0. The van der Waals surface area contributed by atoms with E-state index in [-0.39, 0.29) is 5.91 Å². The Morgan fingerprint density at radius 2 is 2.15 bits per heavy atom. The number of nitrogens with one attached hydrogen (secondary N) is 1. The molecule has 1 N–H and O–H groups in total. The van der Waals surface area contributed by atoms with Crippen LogP contribution in [0.2, 0.25) is 0 Å². The molecule has 0 spiro atoms. The number of anilines is 1. The van der Waals surface area contributed by atoms with Gasteiger partial charge in [0.05, 0.1) is 11.4 Å². The topological polar surface area (TPSA) is 29.1 Å². The minimum atomic E-state index is 0.101. The Balaban J connectivity index is 2.53. The van der Waals surface area contributed by atoms with Crippen molar-refractivity contribution in [3.63, 3.8) is 0 Å². The summed E-state index contributed by atoms with van der Waals surface area (Å²) in [5.74, 6) is 0.639. The standard InChI is InChI=1S/C10H11NOS/c1-6-3-7(2)10-8(4-6)13-5-9(12)11-10/h3-4H,5H2,1-2H3,(H,11,12). The molecule has 0 saturated heterocycles. The summed E-state index contributed by atoms with van der Waals surface area (Å²) in [5, 5.41) is 2.90. The number of amides is 1. The number of hydrogen-bond acceptors (Lipinski definition) is 2. The van der Waals surface area contributed by atoms with E-state index in [1.807, 2.05) is 6.92 Å². The van der Waals surface area contributed by atoms with Crippen molar-refractivity contribution in [2.45, 2.75) is 18.7 Å². The predicted molar refractivity (Wildman–Crippen MR) is 55.3 cm³/mol. The zero-order chi connectivity index (χ0) is 9.42. The number of rotatable bonds is 0. The van der Waals surface area contributed by atoms with E-state index in [0.29, 0.717) is 5.75 Å². The van der Waals surface area contributed by atoms with Crippen molar-refractivity contribution in [2.24, 2.45) is 0 Å². The first-order valence-electron chi connectivity index (χ1n) is 4.21. The molecule has 0 saturated carbocycles. The minimum Gasteiger partial charge on any atom is -0.324 e. The second-order valence-corrected chi connectivity index (χ2v) is 4.31. The Morgan fingerprint density at radius 1 is 1.38 bits per heavy atom. The third kappa shape index (κ3) is 1.56. The molecule has 13 heavy (non-hydrogen) atoms. The molecule has 0 aromatic heterocycles. The molecule has 3 heteroatoms. The molecule has 2 rings (SSSR count). The lowest BCUT2D eigenvalue weighted by molar-refractivity contribution is -0.113. The second-order valence-electron chi connectivity index (χ2n) is 3.29. The normalized spacial score (nSPS) is 15.1. The van der Waals surface area contributed by atoms with Gasteiger partial charge in [0.1, 0.15) is 0 Å². The molecule has 0 atom stereocenters. The molecule has 1 aromatic carbocycles. The molecule has 2 nitrogen and oxygen atoms in total. The summed E-state index contributed by atoms with van der Waals surface area (Å²) in [6.45, 7) is 4.10. The lowest BCUT2D eigenvalue weighted by atomic mass is 10.1. The maximum atomic E-state index is 11.1. The maximum absolute atomic E-state index is 11.1. The van der Waals surface area contributed by atoms with Crippen molar-refractivity contribution >= 4 is 23.4 Å². The van der Waals surface area contributed by atoms with Crippen LogP contribution in [0.15, 0.2) is 17.0 Å². The summed E-state index contributed by atoms with van der Waals surface area (Å²) >= 11 is 1.61. The Morgan fingerprint density at radius 3 is 2.92 bits per heavy atom. The van der Waals surface area contributed by atoms with Gasteiger partial charge >= 0.3 is 0 Å². The molecular weight excluding hydrogens is 182 g/mol. The van der Waals surface area contributed by atoms with Crippen LogP contribution in [0.25, 0.3) is 0 Å². The van der Waals surface area contributed by atoms with E-state index in [1.54, 1.807) is 11.8 Å². The Hall–Kier alpha value is -0.960. The number of carbonyl (C=O) groups is 1. The molecule has 0 unspecified atom stereocenters. The van der Waals surface area contributed by atoms with Crippen molar-refractivity contribution < 1.29 is 4.79 Å². The molecule has 1 heterocycles. The van der Waals surface area contributed by atoms with Crippen molar-refractivity contribution in [3.05, 3.63) is 23.3 Å². The lowest BCUT2D eigenvalue weighted by Crippen LogP contribution is -2.19. The number of thioether (sulfide) groups is 1. The molecule has 1 aliphatic heterocycles. The Kier molecular flexibility index (Phi) is 2.04. The van der Waals surface area contributed by atoms with Crippen molar-refractivity contribution in [1.29, 1.82) is 0 Å². The van der Waals surface area contributed by atoms with Crippen LogP contribution in [0.4, 0.5) is 5.69 Å². The number of aryl methyl sites for hydroxylation is 2. The Labute approximate surface area is 81.7 Å². The van der Waals surface area contributed by atoms with E-state index < -0.39 is 0 Å². The molecule has 0 bridgehead atoms. The average Bonchev–Trinajstić information content (AvgIpc) is 2.06. The molecule has 1 amide bonds. The van der Waals surface area contributed by atoms with Crippen LogP contribution in [0, 0.1) is 13.8 Å². The number of hydrogen-bond donors (Lipinski definition) is 1. The van der Waals surface area contributed by atoms with E-state index in [9.17, 15) is 4.79 Å². The van der Waals surface area contributed by atoms with E-state index in [4.69, 9.17) is 0 Å². The van der Waals surface area contributed by atoms with Gasteiger partial charge in [-0.05, 0) is 31.0 Å². The molecular formula is C10H11NOS. The predicted octanol–water partition coefficient (Wildman–Crippen LogP) is 2.35. The van der Waals surface area contributed by atoms with Gasteiger partial charge in [-0.1, -0.05) is 6.07 Å². The van der Waals surface area contributed by atoms with Gasteiger partial charge in [-0.2, -0.15) is 0 Å². The van der Waals surface area contributed by atoms with Crippen molar-refractivity contribution in [1.82, 2.24) is 0 Å². The maximum Gasteiger partial charge on any atom is 0.234 e. The summed E-state index contributed by atoms with van der Waals surface area (Å²) in [4.78, 5) is 12.3. The van der Waals surface area contributed by atoms with Gasteiger partial charge < -0.3 is 5.32 Å². The van der Waals surface area contributed by atoms with Crippen LogP contribution in [0.5, 0.6) is 0 Å². The quantitative estimate of drug-likeness (QED) is 0.685. The highest BCUT2D eigenvalue weighted by Crippen LogP contribution is 2.34. The van der Waals surface area contributed by atoms with Gasteiger partial charge in [0, 0.05) is 4.90 Å². The molecule has 0 aliphatic carbocycles.